The van der Waals surface area contributed by atoms with E-state index < -0.39 is 6.04 Å². The van der Waals surface area contributed by atoms with Crippen LogP contribution in [0.4, 0.5) is 0 Å². The number of carbonyl (C=O) groups excluding carboxylic acids is 1. The number of aliphatic hydroxyl groups is 1. The van der Waals surface area contributed by atoms with E-state index in [4.69, 9.17) is 10.8 Å². The van der Waals surface area contributed by atoms with Crippen molar-refractivity contribution in [2.75, 3.05) is 7.11 Å². The number of aliphatic hydroxyl groups excluding tert-OH is 1. The summed E-state index contributed by atoms with van der Waals surface area (Å²) in [6, 6.07) is 8.80. The average Bonchev–Trinajstić information content (AvgIpc) is 2.21. The Hall–Kier alpha value is -1.19. The van der Waals surface area contributed by atoms with Crippen LogP contribution in [-0.2, 0) is 4.79 Å². The number of benzene rings is 1. The van der Waals surface area contributed by atoms with Crippen LogP contribution in [0.1, 0.15) is 11.6 Å². The minimum atomic E-state index is -0.471. The highest BCUT2D eigenvalue weighted by Crippen LogP contribution is 2.05. The van der Waals surface area contributed by atoms with Crippen molar-refractivity contribution >= 4 is 6.29 Å². The monoisotopic (exact) mass is 167 g/mol. The predicted octanol–water partition coefficient (Wildman–Crippen LogP) is 0.494. The summed E-state index contributed by atoms with van der Waals surface area (Å²) in [5.41, 5.74) is 6.29. The maximum atomic E-state index is 10.2. The second kappa shape index (κ2) is 6.52. The second-order valence-electron chi connectivity index (χ2n) is 2.07. The van der Waals surface area contributed by atoms with Gasteiger partial charge in [-0.05, 0) is 5.56 Å². The van der Waals surface area contributed by atoms with Crippen molar-refractivity contribution in [1.82, 2.24) is 0 Å². The molecule has 1 atom stereocenters. The third-order valence-corrected chi connectivity index (χ3v) is 1.33. The molecule has 0 radical (unpaired) electrons. The first-order valence-corrected chi connectivity index (χ1v) is 3.55. The Kier molecular flexibility index (Phi) is 5.87. The number of carbonyl (C=O) groups is 1. The third-order valence-electron chi connectivity index (χ3n) is 1.33. The van der Waals surface area contributed by atoms with Crippen LogP contribution in [0.25, 0.3) is 0 Å². The minimum Gasteiger partial charge on any atom is -0.400 e. The van der Waals surface area contributed by atoms with Crippen LogP contribution in [0.3, 0.4) is 0 Å². The molecule has 3 N–H and O–H groups in total. The number of aldehydes is 1. The quantitative estimate of drug-likeness (QED) is 0.630. The fourth-order valence-electron chi connectivity index (χ4n) is 0.754. The SMILES string of the molecule is CO.NC(C=O)c1ccccc1. The third kappa shape index (κ3) is 3.27. The summed E-state index contributed by atoms with van der Waals surface area (Å²) in [5.74, 6) is 0. The van der Waals surface area contributed by atoms with Gasteiger partial charge in [0.25, 0.3) is 0 Å². The first-order valence-electron chi connectivity index (χ1n) is 3.55. The molecule has 0 amide bonds. The fourth-order valence-corrected chi connectivity index (χ4v) is 0.754. The van der Waals surface area contributed by atoms with Crippen molar-refractivity contribution in [1.29, 1.82) is 0 Å². The molecule has 0 aromatic heterocycles. The van der Waals surface area contributed by atoms with Gasteiger partial charge in [-0.1, -0.05) is 30.3 Å². The van der Waals surface area contributed by atoms with Crippen LogP contribution in [-0.4, -0.2) is 18.5 Å². The van der Waals surface area contributed by atoms with E-state index in [0.717, 1.165) is 19.0 Å². The molecule has 0 saturated heterocycles. The zero-order valence-corrected chi connectivity index (χ0v) is 6.97. The van der Waals surface area contributed by atoms with Crippen molar-refractivity contribution in [2.24, 2.45) is 5.73 Å². The molecule has 3 nitrogen and oxygen atoms in total. The molecule has 0 saturated carbocycles. The highest BCUT2D eigenvalue weighted by molar-refractivity contribution is 5.60. The molecule has 66 valence electrons. The van der Waals surface area contributed by atoms with Crippen LogP contribution in [0.5, 0.6) is 0 Å². The molecular formula is C9H13NO2. The zero-order valence-electron chi connectivity index (χ0n) is 6.97. The zero-order chi connectivity index (χ0) is 9.40. The maximum Gasteiger partial charge on any atom is 0.141 e. The number of nitrogens with two attached hydrogens (primary N) is 1. The lowest BCUT2D eigenvalue weighted by atomic mass is 10.1. The largest absolute Gasteiger partial charge is 0.400 e. The van der Waals surface area contributed by atoms with Crippen LogP contribution >= 0.6 is 0 Å². The van der Waals surface area contributed by atoms with Gasteiger partial charge in [0.05, 0.1) is 6.04 Å². The second-order valence-corrected chi connectivity index (χ2v) is 2.07. The van der Waals surface area contributed by atoms with Gasteiger partial charge in [-0.3, -0.25) is 0 Å². The maximum absolute atomic E-state index is 10.2. The van der Waals surface area contributed by atoms with Crippen LogP contribution < -0.4 is 5.73 Å². The summed E-state index contributed by atoms with van der Waals surface area (Å²) in [5, 5.41) is 7.00. The molecule has 0 bridgehead atoms. The molecule has 0 spiro atoms. The van der Waals surface area contributed by atoms with Gasteiger partial charge in [0.15, 0.2) is 0 Å². The first-order chi connectivity index (χ1) is 5.84. The Morgan fingerprint density at radius 2 is 1.83 bits per heavy atom. The molecule has 1 aromatic rings. The van der Waals surface area contributed by atoms with E-state index in [2.05, 4.69) is 0 Å². The molecule has 0 heterocycles. The van der Waals surface area contributed by atoms with Gasteiger partial charge in [-0.25, -0.2) is 0 Å². The van der Waals surface area contributed by atoms with E-state index in [1.165, 1.54) is 0 Å². The van der Waals surface area contributed by atoms with Crippen molar-refractivity contribution in [2.45, 2.75) is 6.04 Å². The van der Waals surface area contributed by atoms with Crippen LogP contribution in [0, 0.1) is 0 Å². The lowest BCUT2D eigenvalue weighted by molar-refractivity contribution is -0.109. The minimum absolute atomic E-state index is 0.471. The first kappa shape index (κ1) is 10.8. The van der Waals surface area contributed by atoms with Crippen LogP contribution in [0.15, 0.2) is 30.3 Å². The summed E-state index contributed by atoms with van der Waals surface area (Å²) in [4.78, 5) is 10.2. The van der Waals surface area contributed by atoms with Crippen molar-refractivity contribution in [3.63, 3.8) is 0 Å². The molecule has 1 unspecified atom stereocenters. The highest BCUT2D eigenvalue weighted by Gasteiger charge is 1.99. The summed E-state index contributed by atoms with van der Waals surface area (Å²) < 4.78 is 0. The van der Waals surface area contributed by atoms with E-state index in [0.29, 0.717) is 0 Å². The Labute approximate surface area is 71.8 Å². The van der Waals surface area contributed by atoms with Gasteiger partial charge in [0.1, 0.15) is 6.29 Å². The molecule has 0 aliphatic rings. The van der Waals surface area contributed by atoms with Crippen molar-refractivity contribution in [3.05, 3.63) is 35.9 Å². The molecule has 0 aliphatic heterocycles. The van der Waals surface area contributed by atoms with Crippen molar-refractivity contribution in [3.8, 4) is 0 Å². The van der Waals surface area contributed by atoms with E-state index in [1.807, 2.05) is 30.3 Å². The molecule has 0 aliphatic carbocycles. The molecule has 0 fully saturated rings. The number of hydrogen-bond acceptors (Lipinski definition) is 3. The fraction of sp³-hybridized carbons (Fsp3) is 0.222. The van der Waals surface area contributed by atoms with Gasteiger partial charge in [-0.15, -0.1) is 0 Å². The topological polar surface area (TPSA) is 63.3 Å². The standard InChI is InChI=1S/C8H9NO.CH4O/c9-8(6-10)7-4-2-1-3-5-7;1-2/h1-6,8H,9H2;2H,1H3. The molecule has 3 heteroatoms. The van der Waals surface area contributed by atoms with Gasteiger partial charge in [0, 0.05) is 7.11 Å². The van der Waals surface area contributed by atoms with E-state index >= 15 is 0 Å². The average molecular weight is 167 g/mol. The summed E-state index contributed by atoms with van der Waals surface area (Å²) in [6.07, 6.45) is 0.731. The normalized spacial score (nSPS) is 10.9. The Morgan fingerprint density at radius 1 is 1.33 bits per heavy atom. The molecular weight excluding hydrogens is 154 g/mol. The molecule has 1 aromatic carbocycles. The summed E-state index contributed by atoms with van der Waals surface area (Å²) >= 11 is 0. The molecule has 1 rings (SSSR count). The van der Waals surface area contributed by atoms with E-state index in [-0.39, 0.29) is 0 Å². The highest BCUT2D eigenvalue weighted by atomic mass is 16.2. The van der Waals surface area contributed by atoms with Gasteiger partial charge >= 0.3 is 0 Å². The lowest BCUT2D eigenvalue weighted by Gasteiger charge is -2.00. The number of hydrogen-bond donors (Lipinski definition) is 2. The summed E-state index contributed by atoms with van der Waals surface area (Å²) in [7, 11) is 1.00. The van der Waals surface area contributed by atoms with E-state index in [9.17, 15) is 4.79 Å². The van der Waals surface area contributed by atoms with Gasteiger partial charge < -0.3 is 15.6 Å². The van der Waals surface area contributed by atoms with E-state index in [1.54, 1.807) is 0 Å². The van der Waals surface area contributed by atoms with Crippen molar-refractivity contribution < 1.29 is 9.90 Å². The Morgan fingerprint density at radius 3 is 2.25 bits per heavy atom. The summed E-state index contributed by atoms with van der Waals surface area (Å²) in [6.45, 7) is 0. The Bertz CT molecular complexity index is 211. The Balaban J connectivity index is 0.000000561. The molecule has 12 heavy (non-hydrogen) atoms. The number of rotatable bonds is 2. The van der Waals surface area contributed by atoms with Gasteiger partial charge in [-0.2, -0.15) is 0 Å². The van der Waals surface area contributed by atoms with Crippen LogP contribution in [0.2, 0.25) is 0 Å². The lowest BCUT2D eigenvalue weighted by Crippen LogP contribution is -2.10. The predicted molar refractivity (Wildman–Crippen MR) is 47.6 cm³/mol. The smallest absolute Gasteiger partial charge is 0.141 e. The van der Waals surface area contributed by atoms with Gasteiger partial charge in [0.2, 0.25) is 0 Å².